The first kappa shape index (κ1) is 14.1. The number of aryl methyl sites for hydroxylation is 1. The highest BCUT2D eigenvalue weighted by Gasteiger charge is 2.24. The summed E-state index contributed by atoms with van der Waals surface area (Å²) >= 11 is 0. The van der Waals surface area contributed by atoms with Crippen LogP contribution in [0.3, 0.4) is 0 Å². The molecule has 0 fully saturated rings. The van der Waals surface area contributed by atoms with Crippen LogP contribution in [0.5, 0.6) is 0 Å². The van der Waals surface area contributed by atoms with E-state index in [2.05, 4.69) is 10.1 Å². The van der Waals surface area contributed by atoms with E-state index in [-0.39, 0.29) is 12.0 Å². The standard InChI is InChI=1S/C12H23N3O2/c1-5-15-11(13-8-14-15)7-10(16)12(9(3)4)17-6-2/h8-10,12,16H,5-7H2,1-4H3. The van der Waals surface area contributed by atoms with Gasteiger partial charge in [-0.15, -0.1) is 0 Å². The number of hydrogen-bond donors (Lipinski definition) is 1. The number of aliphatic hydroxyl groups is 1. The Labute approximate surface area is 103 Å². The van der Waals surface area contributed by atoms with E-state index in [1.54, 1.807) is 4.68 Å². The maximum absolute atomic E-state index is 10.2. The minimum atomic E-state index is -0.538. The minimum absolute atomic E-state index is 0.151. The maximum atomic E-state index is 10.2. The van der Waals surface area contributed by atoms with Crippen molar-refractivity contribution in [3.63, 3.8) is 0 Å². The second-order valence-electron chi connectivity index (χ2n) is 4.43. The van der Waals surface area contributed by atoms with E-state index in [0.717, 1.165) is 12.4 Å². The third-order valence-electron chi connectivity index (χ3n) is 2.78. The lowest BCUT2D eigenvalue weighted by molar-refractivity contribution is -0.0571. The van der Waals surface area contributed by atoms with Gasteiger partial charge in [0.1, 0.15) is 12.2 Å². The molecular formula is C12H23N3O2. The van der Waals surface area contributed by atoms with Gasteiger partial charge in [0.15, 0.2) is 0 Å². The van der Waals surface area contributed by atoms with Gasteiger partial charge in [0, 0.05) is 19.6 Å². The lowest BCUT2D eigenvalue weighted by atomic mass is 9.99. The summed E-state index contributed by atoms with van der Waals surface area (Å²) < 4.78 is 7.38. The lowest BCUT2D eigenvalue weighted by Gasteiger charge is -2.25. The molecule has 17 heavy (non-hydrogen) atoms. The molecule has 1 aromatic rings. The number of hydrogen-bond acceptors (Lipinski definition) is 4. The minimum Gasteiger partial charge on any atom is -0.390 e. The fourth-order valence-corrected chi connectivity index (χ4v) is 1.95. The van der Waals surface area contributed by atoms with Gasteiger partial charge in [-0.3, -0.25) is 4.68 Å². The van der Waals surface area contributed by atoms with E-state index in [1.807, 2.05) is 27.7 Å². The van der Waals surface area contributed by atoms with Gasteiger partial charge in [-0.05, 0) is 19.8 Å². The Hall–Kier alpha value is -0.940. The Kier molecular flexibility index (Phi) is 5.58. The van der Waals surface area contributed by atoms with Crippen LogP contribution in [0.4, 0.5) is 0 Å². The molecule has 0 amide bonds. The Bertz CT molecular complexity index is 325. The highest BCUT2D eigenvalue weighted by Crippen LogP contribution is 2.14. The molecule has 0 radical (unpaired) electrons. The van der Waals surface area contributed by atoms with Gasteiger partial charge in [-0.25, -0.2) is 4.98 Å². The van der Waals surface area contributed by atoms with Crippen molar-refractivity contribution in [3.8, 4) is 0 Å². The number of rotatable bonds is 7. The van der Waals surface area contributed by atoms with Gasteiger partial charge in [0.2, 0.25) is 0 Å². The van der Waals surface area contributed by atoms with E-state index >= 15 is 0 Å². The monoisotopic (exact) mass is 241 g/mol. The molecule has 5 heteroatoms. The van der Waals surface area contributed by atoms with Crippen LogP contribution in [0.25, 0.3) is 0 Å². The number of nitrogens with zero attached hydrogens (tertiary/aromatic N) is 3. The van der Waals surface area contributed by atoms with Crippen LogP contribution in [0.15, 0.2) is 6.33 Å². The van der Waals surface area contributed by atoms with Crippen molar-refractivity contribution < 1.29 is 9.84 Å². The predicted molar refractivity (Wildman–Crippen MR) is 65.7 cm³/mol. The van der Waals surface area contributed by atoms with Crippen LogP contribution in [-0.2, 0) is 17.7 Å². The molecule has 1 aromatic heterocycles. The smallest absolute Gasteiger partial charge is 0.138 e. The molecule has 0 aromatic carbocycles. The maximum Gasteiger partial charge on any atom is 0.138 e. The molecule has 0 bridgehead atoms. The highest BCUT2D eigenvalue weighted by atomic mass is 16.5. The quantitative estimate of drug-likeness (QED) is 0.781. The zero-order valence-electron chi connectivity index (χ0n) is 11.1. The van der Waals surface area contributed by atoms with Crippen molar-refractivity contribution in [3.05, 3.63) is 12.2 Å². The zero-order chi connectivity index (χ0) is 12.8. The Balaban J connectivity index is 2.66. The first-order valence-electron chi connectivity index (χ1n) is 6.26. The lowest BCUT2D eigenvalue weighted by Crippen LogP contribution is -2.36. The topological polar surface area (TPSA) is 60.2 Å². The van der Waals surface area contributed by atoms with Crippen molar-refractivity contribution in [1.29, 1.82) is 0 Å². The van der Waals surface area contributed by atoms with Gasteiger partial charge in [0.25, 0.3) is 0 Å². The van der Waals surface area contributed by atoms with Crippen molar-refractivity contribution in [2.75, 3.05) is 6.61 Å². The SMILES string of the molecule is CCOC(C(C)C)C(O)Cc1ncnn1CC. The van der Waals surface area contributed by atoms with Crippen LogP contribution < -0.4 is 0 Å². The van der Waals surface area contributed by atoms with E-state index in [4.69, 9.17) is 4.74 Å². The second kappa shape index (κ2) is 6.71. The third kappa shape index (κ3) is 3.78. The molecule has 2 atom stereocenters. The first-order chi connectivity index (χ1) is 8.10. The van der Waals surface area contributed by atoms with Crippen LogP contribution in [0, 0.1) is 5.92 Å². The van der Waals surface area contributed by atoms with Gasteiger partial charge >= 0.3 is 0 Å². The first-order valence-corrected chi connectivity index (χ1v) is 6.26. The van der Waals surface area contributed by atoms with Gasteiger partial charge < -0.3 is 9.84 Å². The van der Waals surface area contributed by atoms with Crippen LogP contribution in [-0.4, -0.2) is 38.7 Å². The van der Waals surface area contributed by atoms with Crippen molar-refractivity contribution in [1.82, 2.24) is 14.8 Å². The van der Waals surface area contributed by atoms with Gasteiger partial charge in [-0.1, -0.05) is 13.8 Å². The average Bonchev–Trinajstić information content (AvgIpc) is 2.72. The normalized spacial score (nSPS) is 15.2. The third-order valence-corrected chi connectivity index (χ3v) is 2.78. The fraction of sp³-hybridized carbons (Fsp3) is 0.833. The summed E-state index contributed by atoms with van der Waals surface area (Å²) in [5, 5.41) is 14.3. The summed E-state index contributed by atoms with van der Waals surface area (Å²) in [7, 11) is 0. The summed E-state index contributed by atoms with van der Waals surface area (Å²) in [6.07, 6.45) is 1.32. The van der Waals surface area contributed by atoms with Crippen LogP contribution in [0.1, 0.15) is 33.5 Å². The van der Waals surface area contributed by atoms with Crippen LogP contribution in [0.2, 0.25) is 0 Å². The summed E-state index contributed by atoms with van der Waals surface area (Å²) in [5.74, 6) is 1.09. The average molecular weight is 241 g/mol. The summed E-state index contributed by atoms with van der Waals surface area (Å²) in [5.41, 5.74) is 0. The molecule has 0 spiro atoms. The van der Waals surface area contributed by atoms with E-state index in [1.165, 1.54) is 6.33 Å². The Morgan fingerprint density at radius 2 is 2.12 bits per heavy atom. The molecule has 5 nitrogen and oxygen atoms in total. The van der Waals surface area contributed by atoms with E-state index in [9.17, 15) is 5.11 Å². The Morgan fingerprint density at radius 1 is 1.41 bits per heavy atom. The number of aliphatic hydroxyl groups excluding tert-OH is 1. The summed E-state index contributed by atoms with van der Waals surface area (Å²) in [4.78, 5) is 4.17. The van der Waals surface area contributed by atoms with E-state index in [0.29, 0.717) is 13.0 Å². The molecule has 0 saturated carbocycles. The summed E-state index contributed by atoms with van der Waals surface area (Å²) in [6.45, 7) is 9.43. The molecule has 0 saturated heterocycles. The zero-order valence-corrected chi connectivity index (χ0v) is 11.1. The highest BCUT2D eigenvalue weighted by molar-refractivity contribution is 4.90. The van der Waals surface area contributed by atoms with Gasteiger partial charge in [-0.2, -0.15) is 5.10 Å². The molecule has 98 valence electrons. The fourth-order valence-electron chi connectivity index (χ4n) is 1.95. The molecule has 2 unspecified atom stereocenters. The van der Waals surface area contributed by atoms with E-state index < -0.39 is 6.10 Å². The molecule has 0 aliphatic rings. The van der Waals surface area contributed by atoms with Crippen LogP contribution >= 0.6 is 0 Å². The Morgan fingerprint density at radius 3 is 2.65 bits per heavy atom. The van der Waals surface area contributed by atoms with Crippen molar-refractivity contribution in [2.24, 2.45) is 5.92 Å². The predicted octanol–water partition coefficient (Wildman–Crippen LogP) is 1.26. The molecule has 1 rings (SSSR count). The molecule has 1 N–H and O–H groups in total. The number of ether oxygens (including phenoxy) is 1. The molecule has 0 aliphatic heterocycles. The molecule has 0 aliphatic carbocycles. The summed E-state index contributed by atoms with van der Waals surface area (Å²) in [6, 6.07) is 0. The largest absolute Gasteiger partial charge is 0.390 e. The second-order valence-corrected chi connectivity index (χ2v) is 4.43. The van der Waals surface area contributed by atoms with Gasteiger partial charge in [0.05, 0.1) is 12.2 Å². The molecular weight excluding hydrogens is 218 g/mol. The van der Waals surface area contributed by atoms with Crippen molar-refractivity contribution >= 4 is 0 Å². The molecule has 1 heterocycles. The van der Waals surface area contributed by atoms with Crippen molar-refractivity contribution in [2.45, 2.75) is 52.9 Å². The number of aromatic nitrogens is 3.